The van der Waals surface area contributed by atoms with Crippen molar-refractivity contribution in [2.24, 2.45) is 0 Å². The van der Waals surface area contributed by atoms with Gasteiger partial charge in [0.15, 0.2) is 0 Å². The molecule has 0 saturated carbocycles. The topological polar surface area (TPSA) is 66.4 Å². The number of hydrogen-bond acceptors (Lipinski definition) is 2. The quantitative estimate of drug-likeness (QED) is 0.790. The van der Waals surface area contributed by atoms with Crippen molar-refractivity contribution in [1.29, 1.82) is 0 Å². The summed E-state index contributed by atoms with van der Waals surface area (Å²) in [5, 5.41) is 11.4. The van der Waals surface area contributed by atoms with E-state index in [2.05, 4.69) is 21.2 Å². The van der Waals surface area contributed by atoms with E-state index >= 15 is 0 Å². The van der Waals surface area contributed by atoms with Crippen molar-refractivity contribution in [3.8, 4) is 0 Å². The monoisotopic (exact) mass is 325 g/mol. The Labute approximate surface area is 120 Å². The van der Waals surface area contributed by atoms with Gasteiger partial charge in [-0.3, -0.25) is 9.59 Å². The Balaban J connectivity index is 2.54. The molecule has 0 fully saturated rings. The summed E-state index contributed by atoms with van der Waals surface area (Å²) in [5.41, 5.74) is 0.907. The highest BCUT2D eigenvalue weighted by Crippen LogP contribution is 2.11. The maximum absolute atomic E-state index is 11.6. The lowest BCUT2D eigenvalue weighted by molar-refractivity contribution is -0.137. The van der Waals surface area contributed by atoms with Crippen LogP contribution in [0.5, 0.6) is 0 Å². The highest BCUT2D eigenvalue weighted by atomic mass is 79.9. The van der Waals surface area contributed by atoms with Crippen LogP contribution < -0.4 is 5.32 Å². The number of benzene rings is 1. The normalized spacial score (nSPS) is 12.3. The molecule has 0 aliphatic rings. The second-order valence-corrected chi connectivity index (χ2v) is 5.01. The molecule has 5 heteroatoms. The van der Waals surface area contributed by atoms with Crippen LogP contribution in [0.3, 0.4) is 0 Å². The molecule has 1 aromatic carbocycles. The number of rotatable bonds is 6. The Bertz CT molecular complexity index is 468. The van der Waals surface area contributed by atoms with Crippen LogP contribution in [-0.2, 0) is 9.59 Å². The minimum absolute atomic E-state index is 0.0611. The molecule has 0 aliphatic heterocycles. The van der Waals surface area contributed by atoms with E-state index in [0.717, 1.165) is 10.0 Å². The molecule has 102 valence electrons. The molecule has 0 spiro atoms. The van der Waals surface area contributed by atoms with Crippen molar-refractivity contribution in [1.82, 2.24) is 5.32 Å². The average molecular weight is 326 g/mol. The molecular weight excluding hydrogens is 310 g/mol. The van der Waals surface area contributed by atoms with Gasteiger partial charge in [0.2, 0.25) is 5.91 Å². The fourth-order valence-corrected chi connectivity index (χ4v) is 1.77. The molecule has 0 aromatic heterocycles. The first kappa shape index (κ1) is 15.4. The molecule has 1 atom stereocenters. The van der Waals surface area contributed by atoms with Crippen LogP contribution >= 0.6 is 15.9 Å². The lowest BCUT2D eigenvalue weighted by atomic mass is 10.1. The van der Waals surface area contributed by atoms with Gasteiger partial charge in [0.25, 0.3) is 0 Å². The van der Waals surface area contributed by atoms with Crippen molar-refractivity contribution in [2.75, 3.05) is 0 Å². The number of halogens is 1. The summed E-state index contributed by atoms with van der Waals surface area (Å²) in [7, 11) is 0. The number of hydrogen-bond donors (Lipinski definition) is 2. The number of carboxylic acid groups (broad SMARTS) is 1. The number of nitrogens with one attached hydrogen (secondary N) is 1. The van der Waals surface area contributed by atoms with Crippen LogP contribution in [0.1, 0.15) is 25.3 Å². The maximum atomic E-state index is 11.6. The maximum Gasteiger partial charge on any atom is 0.305 e. The third kappa shape index (κ3) is 6.20. The van der Waals surface area contributed by atoms with Crippen LogP contribution in [-0.4, -0.2) is 23.0 Å². The first-order valence-electron chi connectivity index (χ1n) is 5.97. The van der Waals surface area contributed by atoms with Crippen LogP contribution in [0.2, 0.25) is 0 Å². The molecule has 0 bridgehead atoms. The largest absolute Gasteiger partial charge is 0.481 e. The zero-order valence-corrected chi connectivity index (χ0v) is 12.2. The lowest BCUT2D eigenvalue weighted by Gasteiger charge is -2.12. The molecule has 0 radical (unpaired) electrons. The van der Waals surface area contributed by atoms with Crippen molar-refractivity contribution < 1.29 is 14.7 Å². The number of amides is 1. The summed E-state index contributed by atoms with van der Waals surface area (Å²) >= 11 is 3.33. The van der Waals surface area contributed by atoms with Crippen molar-refractivity contribution >= 4 is 33.9 Å². The Morgan fingerprint density at radius 3 is 2.53 bits per heavy atom. The van der Waals surface area contributed by atoms with Crippen LogP contribution in [0, 0.1) is 0 Å². The van der Waals surface area contributed by atoms with E-state index in [1.807, 2.05) is 31.2 Å². The molecule has 1 amide bonds. The molecular formula is C14H16BrNO3. The van der Waals surface area contributed by atoms with E-state index < -0.39 is 5.97 Å². The van der Waals surface area contributed by atoms with E-state index in [-0.39, 0.29) is 18.4 Å². The van der Waals surface area contributed by atoms with Gasteiger partial charge in [-0.25, -0.2) is 0 Å². The van der Waals surface area contributed by atoms with Gasteiger partial charge in [0.1, 0.15) is 0 Å². The minimum Gasteiger partial charge on any atom is -0.481 e. The zero-order valence-electron chi connectivity index (χ0n) is 10.6. The summed E-state index contributed by atoms with van der Waals surface area (Å²) < 4.78 is 0.974. The van der Waals surface area contributed by atoms with Crippen molar-refractivity contribution in [3.05, 3.63) is 40.4 Å². The number of aliphatic carboxylic acids is 1. The van der Waals surface area contributed by atoms with Gasteiger partial charge in [-0.05, 0) is 30.2 Å². The standard InChI is InChI=1S/C14H16BrNO3/c1-2-12(9-14(18)19)16-13(17)8-5-10-3-6-11(15)7-4-10/h3-8,12H,2,9H2,1H3,(H,16,17)(H,18,19)/b8-5+. The van der Waals surface area contributed by atoms with E-state index in [1.54, 1.807) is 6.08 Å². The Hall–Kier alpha value is -1.62. The number of carbonyl (C=O) groups excluding carboxylic acids is 1. The second kappa shape index (κ2) is 7.74. The number of carbonyl (C=O) groups is 2. The number of carboxylic acids is 1. The molecule has 1 rings (SSSR count). The first-order chi connectivity index (χ1) is 9.01. The first-order valence-corrected chi connectivity index (χ1v) is 6.76. The summed E-state index contributed by atoms with van der Waals surface area (Å²) in [6.07, 6.45) is 3.63. The Morgan fingerprint density at radius 1 is 1.37 bits per heavy atom. The minimum atomic E-state index is -0.913. The molecule has 4 nitrogen and oxygen atoms in total. The Morgan fingerprint density at radius 2 is 2.00 bits per heavy atom. The van der Waals surface area contributed by atoms with Crippen LogP contribution in [0.15, 0.2) is 34.8 Å². The van der Waals surface area contributed by atoms with Gasteiger partial charge in [-0.1, -0.05) is 35.0 Å². The molecule has 0 aliphatic carbocycles. The summed E-state index contributed by atoms with van der Waals surface area (Å²) in [4.78, 5) is 22.2. The third-order valence-electron chi connectivity index (χ3n) is 2.56. The molecule has 1 unspecified atom stereocenters. The highest BCUT2D eigenvalue weighted by Gasteiger charge is 2.12. The molecule has 19 heavy (non-hydrogen) atoms. The lowest BCUT2D eigenvalue weighted by Crippen LogP contribution is -2.34. The summed E-state index contributed by atoms with van der Waals surface area (Å²) in [6.45, 7) is 1.84. The zero-order chi connectivity index (χ0) is 14.3. The fourth-order valence-electron chi connectivity index (χ4n) is 1.50. The van der Waals surface area contributed by atoms with Gasteiger partial charge >= 0.3 is 5.97 Å². The summed E-state index contributed by atoms with van der Waals surface area (Å²) in [5.74, 6) is -1.19. The van der Waals surface area contributed by atoms with E-state index in [1.165, 1.54) is 6.08 Å². The molecule has 0 heterocycles. The Kier molecular flexibility index (Phi) is 6.29. The predicted octanol–water partition coefficient (Wildman–Crippen LogP) is 2.83. The van der Waals surface area contributed by atoms with E-state index in [9.17, 15) is 9.59 Å². The molecule has 1 aromatic rings. The smallest absolute Gasteiger partial charge is 0.305 e. The van der Waals surface area contributed by atoms with Gasteiger partial charge in [0.05, 0.1) is 6.42 Å². The van der Waals surface area contributed by atoms with Crippen LogP contribution in [0.25, 0.3) is 6.08 Å². The average Bonchev–Trinajstić information content (AvgIpc) is 2.36. The fraction of sp³-hybridized carbons (Fsp3) is 0.286. The third-order valence-corrected chi connectivity index (χ3v) is 3.09. The second-order valence-electron chi connectivity index (χ2n) is 4.10. The van der Waals surface area contributed by atoms with Gasteiger partial charge in [0, 0.05) is 16.6 Å². The molecule has 0 saturated heterocycles. The van der Waals surface area contributed by atoms with Crippen LogP contribution in [0.4, 0.5) is 0 Å². The predicted molar refractivity (Wildman–Crippen MR) is 77.7 cm³/mol. The van der Waals surface area contributed by atoms with Crippen molar-refractivity contribution in [2.45, 2.75) is 25.8 Å². The van der Waals surface area contributed by atoms with Gasteiger partial charge < -0.3 is 10.4 Å². The highest BCUT2D eigenvalue weighted by molar-refractivity contribution is 9.10. The SMILES string of the molecule is CCC(CC(=O)O)NC(=O)/C=C/c1ccc(Br)cc1. The van der Waals surface area contributed by atoms with Crippen molar-refractivity contribution in [3.63, 3.8) is 0 Å². The van der Waals surface area contributed by atoms with E-state index in [4.69, 9.17) is 5.11 Å². The van der Waals surface area contributed by atoms with Gasteiger partial charge in [-0.2, -0.15) is 0 Å². The van der Waals surface area contributed by atoms with Gasteiger partial charge in [-0.15, -0.1) is 0 Å². The molecule has 2 N–H and O–H groups in total. The summed E-state index contributed by atoms with van der Waals surface area (Å²) in [6, 6.07) is 7.19. The van der Waals surface area contributed by atoms with E-state index in [0.29, 0.717) is 6.42 Å².